The van der Waals surface area contributed by atoms with Gasteiger partial charge < -0.3 is 0 Å². The van der Waals surface area contributed by atoms with Crippen LogP contribution >= 0.6 is 0 Å². The third-order valence-electron chi connectivity index (χ3n) is 1.58. The summed E-state index contributed by atoms with van der Waals surface area (Å²) < 4.78 is 1.59. The second-order valence-corrected chi connectivity index (χ2v) is 2.59. The minimum atomic E-state index is 0.0239. The molecule has 12 heavy (non-hydrogen) atoms. The number of terminal acetylenes is 1. The van der Waals surface area contributed by atoms with E-state index in [4.69, 9.17) is 6.42 Å². The zero-order valence-corrected chi connectivity index (χ0v) is 7.16. The predicted octanol–water partition coefficient (Wildman–Crippen LogP) is 1.03. The van der Waals surface area contributed by atoms with Crippen LogP contribution in [0.25, 0.3) is 0 Å². The molecule has 3 nitrogen and oxygen atoms in total. The van der Waals surface area contributed by atoms with Crippen LogP contribution < -0.4 is 0 Å². The molecule has 1 aromatic heterocycles. The summed E-state index contributed by atoms with van der Waals surface area (Å²) in [5.41, 5.74) is 1.38. The first-order valence-electron chi connectivity index (χ1n) is 3.63. The van der Waals surface area contributed by atoms with Crippen molar-refractivity contribution in [3.05, 3.63) is 17.5 Å². The van der Waals surface area contributed by atoms with Crippen molar-refractivity contribution in [1.82, 2.24) is 9.78 Å². The van der Waals surface area contributed by atoms with Crippen LogP contribution in [0.5, 0.6) is 0 Å². The van der Waals surface area contributed by atoms with Gasteiger partial charge in [0.15, 0.2) is 5.78 Å². The normalized spacial score (nSPS) is 9.42. The Kier molecular flexibility index (Phi) is 2.29. The highest BCUT2D eigenvalue weighted by molar-refractivity contribution is 5.94. The second-order valence-electron chi connectivity index (χ2n) is 2.59. The lowest BCUT2D eigenvalue weighted by Gasteiger charge is -1.89. The predicted molar refractivity (Wildman–Crippen MR) is 45.8 cm³/mol. The van der Waals surface area contributed by atoms with Gasteiger partial charge >= 0.3 is 0 Å². The molecule has 0 aromatic carbocycles. The SMILES string of the molecule is C#CCn1cc(C(C)=O)c(C)n1. The molecule has 0 spiro atoms. The van der Waals surface area contributed by atoms with E-state index < -0.39 is 0 Å². The molecule has 0 saturated heterocycles. The second kappa shape index (κ2) is 3.22. The molecule has 0 aliphatic heterocycles. The Morgan fingerprint density at radius 2 is 2.50 bits per heavy atom. The largest absolute Gasteiger partial charge is 0.294 e. The van der Waals surface area contributed by atoms with Crippen molar-refractivity contribution in [2.24, 2.45) is 0 Å². The average Bonchev–Trinajstić information content (AvgIpc) is 2.32. The monoisotopic (exact) mass is 162 g/mol. The van der Waals surface area contributed by atoms with Crippen LogP contribution in [-0.4, -0.2) is 15.6 Å². The van der Waals surface area contributed by atoms with Crippen molar-refractivity contribution < 1.29 is 4.79 Å². The fourth-order valence-electron chi connectivity index (χ4n) is 1.04. The Morgan fingerprint density at radius 3 is 2.92 bits per heavy atom. The third kappa shape index (κ3) is 1.54. The molecular weight excluding hydrogens is 152 g/mol. The Bertz CT molecular complexity index is 344. The van der Waals surface area contributed by atoms with E-state index in [0.29, 0.717) is 12.1 Å². The highest BCUT2D eigenvalue weighted by Gasteiger charge is 2.07. The van der Waals surface area contributed by atoms with Gasteiger partial charge in [-0.15, -0.1) is 6.42 Å². The average molecular weight is 162 g/mol. The Hall–Kier alpha value is -1.56. The summed E-state index contributed by atoms with van der Waals surface area (Å²) in [5.74, 6) is 2.48. The molecule has 0 aliphatic carbocycles. The van der Waals surface area contributed by atoms with Gasteiger partial charge in [-0.1, -0.05) is 5.92 Å². The smallest absolute Gasteiger partial charge is 0.163 e. The minimum Gasteiger partial charge on any atom is -0.294 e. The summed E-state index contributed by atoms with van der Waals surface area (Å²) in [6.45, 7) is 3.72. The molecular formula is C9H10N2O. The van der Waals surface area contributed by atoms with E-state index in [2.05, 4.69) is 11.0 Å². The van der Waals surface area contributed by atoms with Gasteiger partial charge in [-0.05, 0) is 13.8 Å². The van der Waals surface area contributed by atoms with Gasteiger partial charge in [0.25, 0.3) is 0 Å². The molecule has 1 heterocycles. The summed E-state index contributed by atoms with van der Waals surface area (Å²) in [4.78, 5) is 11.0. The van der Waals surface area contributed by atoms with Gasteiger partial charge in [0, 0.05) is 6.20 Å². The lowest BCUT2D eigenvalue weighted by atomic mass is 10.2. The Labute approximate surface area is 71.4 Å². The molecule has 1 aromatic rings. The molecule has 0 fully saturated rings. The van der Waals surface area contributed by atoms with Crippen molar-refractivity contribution in [1.29, 1.82) is 0 Å². The molecule has 0 aliphatic rings. The standard InChI is InChI=1S/C9H10N2O/c1-4-5-11-6-9(8(3)12)7(2)10-11/h1,6H,5H2,2-3H3. The first-order valence-corrected chi connectivity index (χ1v) is 3.63. The number of ketones is 1. The third-order valence-corrected chi connectivity index (χ3v) is 1.58. The highest BCUT2D eigenvalue weighted by Crippen LogP contribution is 2.05. The number of Topliss-reactive ketones (excluding diaryl/α,β-unsaturated/α-hetero) is 1. The Morgan fingerprint density at radius 1 is 1.83 bits per heavy atom. The molecule has 0 N–H and O–H groups in total. The fourth-order valence-corrected chi connectivity index (χ4v) is 1.04. The zero-order valence-electron chi connectivity index (χ0n) is 7.16. The fraction of sp³-hybridized carbons (Fsp3) is 0.333. The lowest BCUT2D eigenvalue weighted by molar-refractivity contribution is 0.101. The van der Waals surface area contributed by atoms with Crippen LogP contribution in [0.4, 0.5) is 0 Å². The summed E-state index contributed by atoms with van der Waals surface area (Å²) >= 11 is 0. The lowest BCUT2D eigenvalue weighted by Crippen LogP contribution is -1.95. The topological polar surface area (TPSA) is 34.9 Å². The van der Waals surface area contributed by atoms with E-state index in [1.165, 1.54) is 6.92 Å². The summed E-state index contributed by atoms with van der Waals surface area (Å²) in [6, 6.07) is 0. The van der Waals surface area contributed by atoms with E-state index in [1.807, 2.05) is 0 Å². The number of hydrogen-bond acceptors (Lipinski definition) is 2. The summed E-state index contributed by atoms with van der Waals surface area (Å²) in [5, 5.41) is 4.07. The van der Waals surface area contributed by atoms with Crippen LogP contribution in [0.3, 0.4) is 0 Å². The van der Waals surface area contributed by atoms with Gasteiger partial charge in [0.05, 0.1) is 11.3 Å². The van der Waals surface area contributed by atoms with E-state index in [1.54, 1.807) is 17.8 Å². The Balaban J connectivity index is 3.02. The van der Waals surface area contributed by atoms with Crippen LogP contribution in [0.2, 0.25) is 0 Å². The molecule has 3 heteroatoms. The van der Waals surface area contributed by atoms with Crippen LogP contribution in [0, 0.1) is 19.3 Å². The number of nitrogens with zero attached hydrogens (tertiary/aromatic N) is 2. The number of carbonyl (C=O) groups excluding carboxylic acids is 1. The molecule has 0 atom stereocenters. The maximum Gasteiger partial charge on any atom is 0.163 e. The first kappa shape index (κ1) is 8.54. The molecule has 62 valence electrons. The van der Waals surface area contributed by atoms with Gasteiger partial charge in [-0.25, -0.2) is 0 Å². The van der Waals surface area contributed by atoms with Gasteiger partial charge in [0.2, 0.25) is 0 Å². The van der Waals surface area contributed by atoms with E-state index >= 15 is 0 Å². The van der Waals surface area contributed by atoms with Gasteiger partial charge in [0.1, 0.15) is 6.54 Å². The summed E-state index contributed by atoms with van der Waals surface area (Å²) in [6.07, 6.45) is 6.78. The molecule has 0 radical (unpaired) electrons. The van der Waals surface area contributed by atoms with Crippen LogP contribution in [0.1, 0.15) is 23.0 Å². The number of aryl methyl sites for hydroxylation is 1. The summed E-state index contributed by atoms with van der Waals surface area (Å²) in [7, 11) is 0. The van der Waals surface area contributed by atoms with Gasteiger partial charge in [-0.3, -0.25) is 9.48 Å². The van der Waals surface area contributed by atoms with E-state index in [9.17, 15) is 4.79 Å². The van der Waals surface area contributed by atoms with E-state index in [-0.39, 0.29) is 5.78 Å². The minimum absolute atomic E-state index is 0.0239. The van der Waals surface area contributed by atoms with E-state index in [0.717, 1.165) is 5.69 Å². The molecule has 0 amide bonds. The zero-order chi connectivity index (χ0) is 9.14. The molecule has 0 bridgehead atoms. The molecule has 0 saturated carbocycles. The van der Waals surface area contributed by atoms with Crippen molar-refractivity contribution in [3.63, 3.8) is 0 Å². The maximum absolute atomic E-state index is 11.0. The number of hydrogen-bond donors (Lipinski definition) is 0. The maximum atomic E-state index is 11.0. The molecule has 1 rings (SSSR count). The highest BCUT2D eigenvalue weighted by atomic mass is 16.1. The quantitative estimate of drug-likeness (QED) is 0.481. The van der Waals surface area contributed by atoms with Crippen molar-refractivity contribution in [2.45, 2.75) is 20.4 Å². The number of carbonyl (C=O) groups is 1. The van der Waals surface area contributed by atoms with Gasteiger partial charge in [-0.2, -0.15) is 5.10 Å². The van der Waals surface area contributed by atoms with Crippen molar-refractivity contribution >= 4 is 5.78 Å². The molecule has 0 unspecified atom stereocenters. The van der Waals surface area contributed by atoms with Crippen LogP contribution in [-0.2, 0) is 6.54 Å². The van der Waals surface area contributed by atoms with Crippen molar-refractivity contribution in [3.8, 4) is 12.3 Å². The number of aromatic nitrogens is 2. The first-order chi connectivity index (χ1) is 5.65. The number of rotatable bonds is 2. The van der Waals surface area contributed by atoms with Crippen LogP contribution in [0.15, 0.2) is 6.20 Å². The van der Waals surface area contributed by atoms with Crippen molar-refractivity contribution in [2.75, 3.05) is 0 Å².